The van der Waals surface area contributed by atoms with Crippen LogP contribution in [-0.4, -0.2) is 21.6 Å². The van der Waals surface area contributed by atoms with Gasteiger partial charge in [0.1, 0.15) is 17.1 Å². The molecule has 0 bridgehead atoms. The molecule has 2 nitrogen and oxygen atoms in total. The minimum atomic E-state index is -0.760. The average molecular weight is 207 g/mol. The standard InChI is InChI=1S/C9H5F2NO.Al/c10-6-4-7(11)9(13)8-5(6)2-1-3-12-8;/h1-4,13H;/q;+1/p-1. The minimum Gasteiger partial charge on any atom is -0.650 e. The SMILES string of the molecule is Fc1cc(F)c2cccnc2c1[O][Al]. The molecule has 2 radical (unpaired) electrons. The summed E-state index contributed by atoms with van der Waals surface area (Å²) in [6.45, 7) is 0. The highest BCUT2D eigenvalue weighted by Crippen LogP contribution is 2.28. The van der Waals surface area contributed by atoms with E-state index >= 15 is 0 Å². The number of hydrogen-bond donors (Lipinski definition) is 0. The monoisotopic (exact) mass is 207 g/mol. The second-order valence-corrected chi connectivity index (χ2v) is 2.92. The predicted molar refractivity (Wildman–Crippen MR) is 48.0 cm³/mol. The van der Waals surface area contributed by atoms with Crippen LogP contribution in [0.15, 0.2) is 24.4 Å². The number of halogens is 2. The molecule has 0 aliphatic rings. The van der Waals surface area contributed by atoms with Gasteiger partial charge in [0.25, 0.3) is 0 Å². The number of fused-ring (bicyclic) bond motifs is 1. The first-order valence-electron chi connectivity index (χ1n) is 3.83. The molecule has 0 N–H and O–H groups in total. The van der Waals surface area contributed by atoms with Crippen molar-refractivity contribution in [1.29, 1.82) is 0 Å². The molecule has 0 unspecified atom stereocenters. The molecule has 0 saturated heterocycles. The maximum absolute atomic E-state index is 13.2. The second-order valence-electron chi connectivity index (χ2n) is 2.69. The van der Waals surface area contributed by atoms with E-state index in [-0.39, 0.29) is 16.7 Å². The Morgan fingerprint density at radius 3 is 2.79 bits per heavy atom. The van der Waals surface area contributed by atoms with Crippen molar-refractivity contribution in [2.45, 2.75) is 0 Å². The van der Waals surface area contributed by atoms with Gasteiger partial charge in [-0.2, -0.15) is 0 Å². The van der Waals surface area contributed by atoms with E-state index in [1.165, 1.54) is 12.3 Å². The number of pyridine rings is 1. The van der Waals surface area contributed by atoms with Crippen LogP contribution in [0.2, 0.25) is 0 Å². The van der Waals surface area contributed by atoms with E-state index in [0.717, 1.165) is 6.07 Å². The molecule has 2 rings (SSSR count). The largest absolute Gasteiger partial charge is 0.650 e. The van der Waals surface area contributed by atoms with E-state index in [1.807, 2.05) is 16.6 Å². The first-order valence-corrected chi connectivity index (χ1v) is 4.30. The van der Waals surface area contributed by atoms with E-state index in [1.54, 1.807) is 6.07 Å². The summed E-state index contributed by atoms with van der Waals surface area (Å²) in [5, 5.41) is 0.242. The van der Waals surface area contributed by atoms with Gasteiger partial charge >= 0.3 is 16.6 Å². The Balaban J connectivity index is 2.90. The van der Waals surface area contributed by atoms with Crippen molar-refractivity contribution in [2.75, 3.05) is 0 Å². The Hall–Kier alpha value is -1.18. The molecule has 0 spiro atoms. The topological polar surface area (TPSA) is 22.1 Å². The normalized spacial score (nSPS) is 10.4. The maximum atomic E-state index is 13.2. The van der Waals surface area contributed by atoms with E-state index in [2.05, 4.69) is 4.98 Å². The third kappa shape index (κ3) is 1.35. The van der Waals surface area contributed by atoms with E-state index in [0.29, 0.717) is 0 Å². The van der Waals surface area contributed by atoms with Crippen LogP contribution in [0.3, 0.4) is 0 Å². The van der Waals surface area contributed by atoms with Gasteiger partial charge in [-0.3, -0.25) is 4.98 Å². The lowest BCUT2D eigenvalue weighted by atomic mass is 10.2. The highest BCUT2D eigenvalue weighted by Gasteiger charge is 2.11. The fraction of sp³-hybridized carbons (Fsp3) is 0. The average Bonchev–Trinajstić information content (AvgIpc) is 2.18. The molecule has 0 saturated carbocycles. The van der Waals surface area contributed by atoms with Crippen LogP contribution in [-0.2, 0) is 0 Å². The van der Waals surface area contributed by atoms with Crippen molar-refractivity contribution in [1.82, 2.24) is 4.98 Å². The van der Waals surface area contributed by atoms with Gasteiger partial charge in [0, 0.05) is 17.6 Å². The van der Waals surface area contributed by atoms with Gasteiger partial charge in [-0.1, -0.05) is 0 Å². The Bertz CT molecular complexity index is 489. The van der Waals surface area contributed by atoms with Crippen molar-refractivity contribution >= 4 is 27.5 Å². The smallest absolute Gasteiger partial charge is 0.482 e. The first kappa shape index (κ1) is 9.38. The van der Waals surface area contributed by atoms with Crippen molar-refractivity contribution in [3.63, 3.8) is 0 Å². The fourth-order valence-electron chi connectivity index (χ4n) is 1.26. The molecule has 14 heavy (non-hydrogen) atoms. The van der Waals surface area contributed by atoms with E-state index in [4.69, 9.17) is 3.79 Å². The molecule has 0 aliphatic carbocycles. The fourth-order valence-corrected chi connectivity index (χ4v) is 1.48. The van der Waals surface area contributed by atoms with E-state index in [9.17, 15) is 8.78 Å². The van der Waals surface area contributed by atoms with Crippen molar-refractivity contribution < 1.29 is 12.6 Å². The van der Waals surface area contributed by atoms with Gasteiger partial charge in [0.15, 0.2) is 5.82 Å². The molecule has 1 aromatic carbocycles. The van der Waals surface area contributed by atoms with Crippen LogP contribution in [0.5, 0.6) is 5.75 Å². The molecular weight excluding hydrogens is 203 g/mol. The number of rotatable bonds is 1. The van der Waals surface area contributed by atoms with Crippen LogP contribution < -0.4 is 3.79 Å². The Labute approximate surface area is 87.3 Å². The van der Waals surface area contributed by atoms with Gasteiger partial charge in [-0.25, -0.2) is 8.78 Å². The lowest BCUT2D eigenvalue weighted by Gasteiger charge is -2.08. The van der Waals surface area contributed by atoms with Gasteiger partial charge < -0.3 is 3.79 Å². The van der Waals surface area contributed by atoms with Crippen LogP contribution in [0, 0.1) is 11.6 Å². The minimum absolute atomic E-state index is 0.0630. The third-order valence-corrected chi connectivity index (χ3v) is 2.10. The van der Waals surface area contributed by atoms with Crippen LogP contribution in [0.1, 0.15) is 0 Å². The van der Waals surface area contributed by atoms with Gasteiger partial charge in [0.05, 0.1) is 0 Å². The molecule has 1 heterocycles. The van der Waals surface area contributed by atoms with Crippen LogP contribution >= 0.6 is 0 Å². The predicted octanol–water partition coefficient (Wildman–Crippen LogP) is 1.98. The summed E-state index contributed by atoms with van der Waals surface area (Å²) in [5.74, 6) is -1.47. The molecule has 68 valence electrons. The molecule has 2 aromatic rings. The van der Waals surface area contributed by atoms with Gasteiger partial charge in [0.2, 0.25) is 0 Å². The molecule has 5 heteroatoms. The number of benzene rings is 1. The Morgan fingerprint density at radius 1 is 1.29 bits per heavy atom. The highest BCUT2D eigenvalue weighted by molar-refractivity contribution is 6.02. The lowest BCUT2D eigenvalue weighted by Crippen LogP contribution is -1.95. The molecular formula is C9H4AlF2NO. The summed E-state index contributed by atoms with van der Waals surface area (Å²) in [7, 11) is 0. The van der Waals surface area contributed by atoms with Crippen molar-refractivity contribution in [2.24, 2.45) is 0 Å². The lowest BCUT2D eigenvalue weighted by molar-refractivity contribution is 0.521. The van der Waals surface area contributed by atoms with Gasteiger partial charge in [-0.05, 0) is 12.1 Å². The third-order valence-electron chi connectivity index (χ3n) is 1.87. The zero-order valence-corrected chi connectivity index (χ0v) is 8.15. The molecule has 1 aromatic heterocycles. The maximum Gasteiger partial charge on any atom is 0.482 e. The first-order chi connectivity index (χ1) is 6.74. The van der Waals surface area contributed by atoms with Crippen molar-refractivity contribution in [3.05, 3.63) is 36.0 Å². The van der Waals surface area contributed by atoms with Crippen LogP contribution in [0.25, 0.3) is 10.9 Å². The number of nitrogens with zero attached hydrogens (tertiary/aromatic N) is 1. The summed E-state index contributed by atoms with van der Waals surface area (Å²) >= 11 is 1.91. The molecule has 0 atom stereocenters. The molecule has 0 fully saturated rings. The quantitative estimate of drug-likeness (QED) is 0.667. The van der Waals surface area contributed by atoms with Crippen LogP contribution in [0.4, 0.5) is 8.78 Å². The Morgan fingerprint density at radius 2 is 2.07 bits per heavy atom. The molecule has 0 amide bonds. The summed E-state index contributed by atoms with van der Waals surface area (Å²) in [6, 6.07) is 3.88. The van der Waals surface area contributed by atoms with Gasteiger partial charge in [-0.15, -0.1) is 0 Å². The zero-order chi connectivity index (χ0) is 10.1. The summed E-state index contributed by atoms with van der Waals surface area (Å²) < 4.78 is 31.1. The van der Waals surface area contributed by atoms with E-state index < -0.39 is 11.6 Å². The zero-order valence-electron chi connectivity index (χ0n) is 7.00. The number of aromatic nitrogens is 1. The second kappa shape index (κ2) is 3.52. The summed E-state index contributed by atoms with van der Waals surface area (Å²) in [4.78, 5) is 3.86. The molecule has 0 aliphatic heterocycles. The number of hydrogen-bond acceptors (Lipinski definition) is 2. The van der Waals surface area contributed by atoms with Crippen molar-refractivity contribution in [3.8, 4) is 5.75 Å². The summed E-state index contributed by atoms with van der Waals surface area (Å²) in [5.41, 5.74) is 0.181. The summed E-state index contributed by atoms with van der Waals surface area (Å²) in [6.07, 6.45) is 1.45. The Kier molecular flexibility index (Phi) is 2.36. The highest BCUT2D eigenvalue weighted by atomic mass is 27.1.